The van der Waals surface area contributed by atoms with E-state index in [4.69, 9.17) is 5.11 Å². The first-order chi connectivity index (χ1) is 15.0. The minimum absolute atomic E-state index is 0.100. The number of nitrogens with zero attached hydrogens (tertiary/aromatic N) is 1. The molecular weight excluding hydrogens is 396 g/mol. The average molecular weight is 424 g/mol. The van der Waals surface area contributed by atoms with Gasteiger partial charge in [-0.05, 0) is 37.5 Å². The number of imide groups is 2. The van der Waals surface area contributed by atoms with Crippen molar-refractivity contribution < 1.29 is 24.3 Å². The quantitative estimate of drug-likeness (QED) is 0.360. The lowest BCUT2D eigenvalue weighted by Crippen LogP contribution is -2.54. The molecule has 0 saturated carbocycles. The largest absolute Gasteiger partial charge is 0.396 e. The molecule has 2 heterocycles. The molecule has 31 heavy (non-hydrogen) atoms. The summed E-state index contributed by atoms with van der Waals surface area (Å²) in [5.74, 6) is 4.15. The number of fused-ring (bicyclic) bond motifs is 1. The molecular formula is C24H28N2O5. The molecule has 2 aliphatic heterocycles. The summed E-state index contributed by atoms with van der Waals surface area (Å²) in [6.45, 7) is 0.271. The lowest BCUT2D eigenvalue weighted by atomic mass is 10.0. The van der Waals surface area contributed by atoms with Crippen molar-refractivity contribution in [3.05, 3.63) is 34.9 Å². The zero-order valence-electron chi connectivity index (χ0n) is 17.6. The van der Waals surface area contributed by atoms with Crippen molar-refractivity contribution in [2.75, 3.05) is 6.61 Å². The maximum atomic E-state index is 12.8. The molecule has 1 fully saturated rings. The van der Waals surface area contributed by atoms with Crippen molar-refractivity contribution in [3.8, 4) is 11.8 Å². The van der Waals surface area contributed by atoms with Crippen LogP contribution >= 0.6 is 0 Å². The van der Waals surface area contributed by atoms with E-state index in [-0.39, 0.29) is 30.6 Å². The molecule has 2 aliphatic rings. The highest BCUT2D eigenvalue weighted by atomic mass is 16.3. The highest BCUT2D eigenvalue weighted by Crippen LogP contribution is 2.28. The molecule has 1 aromatic rings. The van der Waals surface area contributed by atoms with Crippen molar-refractivity contribution in [1.29, 1.82) is 0 Å². The first kappa shape index (κ1) is 22.7. The van der Waals surface area contributed by atoms with E-state index in [2.05, 4.69) is 17.2 Å². The number of unbranched alkanes of at least 4 members (excludes halogenated alkanes) is 7. The number of amides is 4. The highest BCUT2D eigenvalue weighted by Gasteiger charge is 2.44. The smallest absolute Gasteiger partial charge is 0.262 e. The molecule has 0 bridgehead atoms. The first-order valence-corrected chi connectivity index (χ1v) is 11.0. The second-order valence-electron chi connectivity index (χ2n) is 7.96. The lowest BCUT2D eigenvalue weighted by Gasteiger charge is -2.27. The molecule has 0 spiro atoms. The van der Waals surface area contributed by atoms with Crippen LogP contribution in [0.3, 0.4) is 0 Å². The summed E-state index contributed by atoms with van der Waals surface area (Å²) >= 11 is 0. The van der Waals surface area contributed by atoms with Crippen molar-refractivity contribution in [2.45, 2.75) is 70.3 Å². The van der Waals surface area contributed by atoms with Crippen molar-refractivity contribution in [1.82, 2.24) is 10.2 Å². The fraction of sp³-hybridized carbons (Fsp3) is 0.500. The van der Waals surface area contributed by atoms with E-state index >= 15 is 0 Å². The first-order valence-electron chi connectivity index (χ1n) is 11.0. The predicted octanol–water partition coefficient (Wildman–Crippen LogP) is 2.55. The van der Waals surface area contributed by atoms with Crippen molar-refractivity contribution >= 4 is 23.6 Å². The lowest BCUT2D eigenvalue weighted by molar-refractivity contribution is -0.136. The van der Waals surface area contributed by atoms with Crippen molar-refractivity contribution in [2.24, 2.45) is 0 Å². The average Bonchev–Trinajstić information content (AvgIpc) is 2.99. The van der Waals surface area contributed by atoms with Gasteiger partial charge in [0, 0.05) is 25.0 Å². The summed E-state index contributed by atoms with van der Waals surface area (Å²) in [7, 11) is 0. The van der Waals surface area contributed by atoms with Crippen LogP contribution in [0.2, 0.25) is 0 Å². The second-order valence-corrected chi connectivity index (χ2v) is 7.96. The van der Waals surface area contributed by atoms with Crippen LogP contribution in [-0.2, 0) is 9.59 Å². The SMILES string of the molecule is O=C1CCC(N2C(=O)c3ccc(C#CCCCCCCCCCO)cc3C2=O)C(=O)N1. The Morgan fingerprint density at radius 1 is 0.935 bits per heavy atom. The van der Waals surface area contributed by atoms with Gasteiger partial charge >= 0.3 is 0 Å². The Morgan fingerprint density at radius 3 is 2.32 bits per heavy atom. The third kappa shape index (κ3) is 5.59. The summed E-state index contributed by atoms with van der Waals surface area (Å²) in [5, 5.41) is 10.9. The summed E-state index contributed by atoms with van der Waals surface area (Å²) in [6, 6.07) is 3.95. The molecule has 0 radical (unpaired) electrons. The fourth-order valence-corrected chi connectivity index (χ4v) is 3.92. The summed E-state index contributed by atoms with van der Waals surface area (Å²) in [6.07, 6.45) is 8.60. The Labute approximate surface area is 182 Å². The van der Waals surface area contributed by atoms with E-state index in [1.165, 1.54) is 12.8 Å². The van der Waals surface area contributed by atoms with Gasteiger partial charge in [-0.3, -0.25) is 29.4 Å². The maximum Gasteiger partial charge on any atom is 0.262 e. The number of hydrogen-bond donors (Lipinski definition) is 2. The normalized spacial score (nSPS) is 18.0. The number of benzene rings is 1. The summed E-state index contributed by atoms with van der Waals surface area (Å²) < 4.78 is 0. The van der Waals surface area contributed by atoms with Gasteiger partial charge in [-0.2, -0.15) is 0 Å². The minimum Gasteiger partial charge on any atom is -0.396 e. The number of hydrogen-bond acceptors (Lipinski definition) is 5. The minimum atomic E-state index is -0.955. The van der Waals surface area contributed by atoms with Crippen LogP contribution in [0.15, 0.2) is 18.2 Å². The molecule has 1 saturated heterocycles. The zero-order valence-corrected chi connectivity index (χ0v) is 17.6. The van der Waals surface area contributed by atoms with E-state index in [0.717, 1.165) is 43.4 Å². The van der Waals surface area contributed by atoms with E-state index in [1.54, 1.807) is 18.2 Å². The van der Waals surface area contributed by atoms with Crippen LogP contribution < -0.4 is 5.32 Å². The van der Waals surface area contributed by atoms with E-state index in [0.29, 0.717) is 5.56 Å². The standard InChI is InChI=1S/C24H28N2O5/c27-15-9-7-5-3-1-2-4-6-8-10-17-11-12-18-19(16-17)24(31)26(23(18)30)20-13-14-21(28)25-22(20)29/h11-12,16,20,27H,1-7,9,13-15H2,(H,25,28,29). The second kappa shape index (κ2) is 10.9. The van der Waals surface area contributed by atoms with Gasteiger partial charge in [0.2, 0.25) is 11.8 Å². The third-order valence-corrected chi connectivity index (χ3v) is 5.63. The number of aliphatic hydroxyl groups is 1. The molecule has 164 valence electrons. The molecule has 1 atom stereocenters. The molecule has 2 N–H and O–H groups in total. The number of rotatable bonds is 9. The van der Waals surface area contributed by atoms with Gasteiger partial charge in [0.25, 0.3) is 11.8 Å². The van der Waals surface area contributed by atoms with Crippen LogP contribution in [0.25, 0.3) is 0 Å². The Hall–Kier alpha value is -2.98. The van der Waals surface area contributed by atoms with Gasteiger partial charge in [0.15, 0.2) is 0 Å². The van der Waals surface area contributed by atoms with Crippen molar-refractivity contribution in [3.63, 3.8) is 0 Å². The van der Waals surface area contributed by atoms with Crippen LogP contribution in [-0.4, -0.2) is 46.3 Å². The predicted molar refractivity (Wildman–Crippen MR) is 114 cm³/mol. The monoisotopic (exact) mass is 424 g/mol. The van der Waals surface area contributed by atoms with Crippen LogP contribution in [0.4, 0.5) is 0 Å². The topological polar surface area (TPSA) is 104 Å². The molecule has 4 amide bonds. The van der Waals surface area contributed by atoms with Crippen LogP contribution in [0, 0.1) is 11.8 Å². The summed E-state index contributed by atoms with van der Waals surface area (Å²) in [5.41, 5.74) is 1.18. The Bertz CT molecular complexity index is 928. The summed E-state index contributed by atoms with van der Waals surface area (Å²) in [4.78, 5) is 49.9. The van der Waals surface area contributed by atoms with E-state index < -0.39 is 29.7 Å². The van der Waals surface area contributed by atoms with E-state index in [1.807, 2.05) is 0 Å². The molecule has 1 aromatic carbocycles. The van der Waals surface area contributed by atoms with Gasteiger partial charge < -0.3 is 5.11 Å². The van der Waals surface area contributed by atoms with Crippen LogP contribution in [0.5, 0.6) is 0 Å². The molecule has 7 heteroatoms. The maximum absolute atomic E-state index is 12.8. The number of carbonyl (C=O) groups excluding carboxylic acids is 4. The fourth-order valence-electron chi connectivity index (χ4n) is 3.92. The highest BCUT2D eigenvalue weighted by molar-refractivity contribution is 6.23. The Kier molecular flexibility index (Phi) is 7.96. The Morgan fingerprint density at radius 2 is 1.61 bits per heavy atom. The number of nitrogens with one attached hydrogen (secondary N) is 1. The third-order valence-electron chi connectivity index (χ3n) is 5.63. The Balaban J connectivity index is 1.53. The van der Waals surface area contributed by atoms with Crippen LogP contribution in [0.1, 0.15) is 90.5 Å². The number of carbonyl (C=O) groups is 4. The molecule has 3 rings (SSSR count). The number of aliphatic hydroxyl groups excluding tert-OH is 1. The van der Waals surface area contributed by atoms with Gasteiger partial charge in [0.05, 0.1) is 11.1 Å². The van der Waals surface area contributed by atoms with Gasteiger partial charge in [-0.15, -0.1) is 0 Å². The zero-order chi connectivity index (χ0) is 22.2. The van der Waals surface area contributed by atoms with E-state index in [9.17, 15) is 19.2 Å². The molecule has 1 unspecified atom stereocenters. The molecule has 7 nitrogen and oxygen atoms in total. The molecule has 0 aliphatic carbocycles. The van der Waals surface area contributed by atoms with Gasteiger partial charge in [-0.25, -0.2) is 0 Å². The number of piperidine rings is 1. The molecule has 0 aromatic heterocycles. The van der Waals surface area contributed by atoms with Gasteiger partial charge in [-0.1, -0.05) is 43.9 Å². The van der Waals surface area contributed by atoms with Gasteiger partial charge in [0.1, 0.15) is 6.04 Å².